The Morgan fingerprint density at radius 3 is 2.73 bits per heavy atom. The van der Waals surface area contributed by atoms with Crippen LogP contribution in [0, 0.1) is 0 Å². The van der Waals surface area contributed by atoms with E-state index < -0.39 is 0 Å². The van der Waals surface area contributed by atoms with Crippen molar-refractivity contribution in [2.75, 3.05) is 19.1 Å². The van der Waals surface area contributed by atoms with Crippen LogP contribution in [-0.4, -0.2) is 30.1 Å². The molecule has 1 unspecified atom stereocenters. The Kier molecular flexibility index (Phi) is 7.01. The Bertz CT molecular complexity index is 120. The molecule has 0 spiro atoms. The van der Waals surface area contributed by atoms with E-state index in [9.17, 15) is 4.79 Å². The fourth-order valence-electron chi connectivity index (χ4n) is 0.406. The molecule has 0 heterocycles. The van der Waals surface area contributed by atoms with Crippen molar-refractivity contribution in [1.82, 2.24) is 0 Å². The van der Waals surface area contributed by atoms with Crippen LogP contribution in [0.25, 0.3) is 0 Å². The van der Waals surface area contributed by atoms with Gasteiger partial charge in [-0.2, -0.15) is 0 Å². The van der Waals surface area contributed by atoms with Gasteiger partial charge in [-0.25, -0.2) is 0 Å². The van der Waals surface area contributed by atoms with Crippen LogP contribution < -0.4 is 0 Å². The van der Waals surface area contributed by atoms with Crippen LogP contribution in [0.3, 0.4) is 0 Å². The Labute approximate surface area is 79.1 Å². The number of esters is 1. The van der Waals surface area contributed by atoms with Crippen LogP contribution in [0.1, 0.15) is 6.92 Å². The molecule has 0 radical (unpaired) electrons. The van der Waals surface area contributed by atoms with Crippen molar-refractivity contribution < 1.29 is 14.3 Å². The number of ether oxygens (including phenoxy) is 2. The Hall–Kier alpha value is 0.200. The zero-order valence-corrected chi connectivity index (χ0v) is 8.52. The van der Waals surface area contributed by atoms with E-state index in [1.807, 2.05) is 0 Å². The van der Waals surface area contributed by atoms with Crippen molar-refractivity contribution in [3.05, 3.63) is 0 Å². The molecule has 0 N–H and O–H groups in total. The summed E-state index contributed by atoms with van der Waals surface area (Å²) in [5.41, 5.74) is 0. The van der Waals surface area contributed by atoms with Gasteiger partial charge in [0.2, 0.25) is 0 Å². The summed E-state index contributed by atoms with van der Waals surface area (Å²) in [5.74, 6) is 0.0747. The fourth-order valence-corrected chi connectivity index (χ4v) is 0.682. The van der Waals surface area contributed by atoms with E-state index in [0.717, 1.165) is 0 Å². The van der Waals surface area contributed by atoms with Crippen molar-refractivity contribution in [3.63, 3.8) is 0 Å². The number of hydrogen-bond donors (Lipinski definition) is 0. The molecule has 0 aliphatic heterocycles. The summed E-state index contributed by atoms with van der Waals surface area (Å²) < 4.78 is 9.66. The topological polar surface area (TPSA) is 35.5 Å². The lowest BCUT2D eigenvalue weighted by Crippen LogP contribution is -2.13. The highest BCUT2D eigenvalue weighted by molar-refractivity contribution is 9.09. The van der Waals surface area contributed by atoms with Crippen LogP contribution in [0.15, 0.2) is 0 Å². The molecule has 0 bridgehead atoms. The molecular weight excluding hydrogens is 235 g/mol. The Morgan fingerprint density at radius 1 is 1.64 bits per heavy atom. The van der Waals surface area contributed by atoms with Crippen LogP contribution >= 0.6 is 27.5 Å². The van der Waals surface area contributed by atoms with Gasteiger partial charge in [0.25, 0.3) is 0 Å². The minimum Gasteiger partial charge on any atom is -0.463 e. The molecule has 11 heavy (non-hydrogen) atoms. The largest absolute Gasteiger partial charge is 0.463 e. The van der Waals surface area contributed by atoms with Crippen molar-refractivity contribution in [2.24, 2.45) is 0 Å². The summed E-state index contributed by atoms with van der Waals surface area (Å²) in [6.45, 7) is 1.99. The van der Waals surface area contributed by atoms with Crippen molar-refractivity contribution in [2.45, 2.75) is 11.9 Å². The Balaban J connectivity index is 3.08. The Morgan fingerprint density at radius 2 is 2.27 bits per heavy atom. The fraction of sp³-hybridized carbons (Fsp3) is 0.833. The molecule has 0 rings (SSSR count). The van der Waals surface area contributed by atoms with Crippen LogP contribution in [-0.2, 0) is 14.3 Å². The zero-order chi connectivity index (χ0) is 8.69. The second-order valence-electron chi connectivity index (χ2n) is 1.78. The van der Waals surface area contributed by atoms with Gasteiger partial charge in [-0.05, 0) is 0 Å². The molecule has 0 saturated heterocycles. The van der Waals surface area contributed by atoms with Crippen molar-refractivity contribution in [3.8, 4) is 0 Å². The first-order valence-corrected chi connectivity index (χ1v) is 4.57. The first-order chi connectivity index (χ1) is 5.16. The van der Waals surface area contributed by atoms with Gasteiger partial charge >= 0.3 is 5.97 Å². The minimum absolute atomic E-state index is 0.167. The quantitative estimate of drug-likeness (QED) is 0.419. The number of halogens is 2. The number of alkyl halides is 2. The molecule has 0 aliphatic rings. The highest BCUT2D eigenvalue weighted by atomic mass is 79.9. The third kappa shape index (κ3) is 8.10. The zero-order valence-electron chi connectivity index (χ0n) is 6.18. The van der Waals surface area contributed by atoms with E-state index in [1.165, 1.54) is 6.92 Å². The summed E-state index contributed by atoms with van der Waals surface area (Å²) in [5, 5.41) is -0.167. The summed E-state index contributed by atoms with van der Waals surface area (Å²) in [7, 11) is 0. The lowest BCUT2D eigenvalue weighted by atomic mass is 10.7. The monoisotopic (exact) mass is 244 g/mol. The maximum Gasteiger partial charge on any atom is 0.302 e. The van der Waals surface area contributed by atoms with Gasteiger partial charge in [0, 0.05) is 6.92 Å². The highest BCUT2D eigenvalue weighted by Gasteiger charge is 2.00. The van der Waals surface area contributed by atoms with Gasteiger partial charge in [-0.1, -0.05) is 15.9 Å². The number of rotatable bonds is 5. The molecule has 0 aromatic heterocycles. The molecule has 0 fully saturated rings. The van der Waals surface area contributed by atoms with E-state index >= 15 is 0 Å². The molecule has 1 atom stereocenters. The van der Waals surface area contributed by atoms with E-state index in [-0.39, 0.29) is 17.6 Å². The predicted octanol–water partition coefficient (Wildman–Crippen LogP) is 1.53. The van der Waals surface area contributed by atoms with E-state index in [4.69, 9.17) is 16.3 Å². The number of carbonyl (C=O) groups excluding carboxylic acids is 1. The number of hydrogen-bond acceptors (Lipinski definition) is 3. The minimum atomic E-state index is -0.300. The molecule has 0 aromatic carbocycles. The molecule has 0 amide bonds. The maximum atomic E-state index is 10.2. The predicted molar refractivity (Wildman–Crippen MR) is 46.0 cm³/mol. The number of carbonyl (C=O) groups is 1. The highest BCUT2D eigenvalue weighted by Crippen LogP contribution is 2.02. The lowest BCUT2D eigenvalue weighted by Gasteiger charge is -2.07. The van der Waals surface area contributed by atoms with Gasteiger partial charge in [-0.3, -0.25) is 4.79 Å². The van der Waals surface area contributed by atoms with E-state index in [0.29, 0.717) is 12.5 Å². The van der Waals surface area contributed by atoms with Gasteiger partial charge in [0.15, 0.2) is 0 Å². The van der Waals surface area contributed by atoms with Crippen LogP contribution in [0.4, 0.5) is 0 Å². The summed E-state index contributed by atoms with van der Waals surface area (Å²) in [6, 6.07) is 0. The van der Waals surface area contributed by atoms with Gasteiger partial charge in [0.1, 0.15) is 11.6 Å². The van der Waals surface area contributed by atoms with E-state index in [1.54, 1.807) is 0 Å². The third-order valence-electron chi connectivity index (χ3n) is 0.809. The smallest absolute Gasteiger partial charge is 0.302 e. The SMILES string of the molecule is CC(=O)OCCOC(Br)CCl. The summed E-state index contributed by atoms with van der Waals surface area (Å²) >= 11 is 8.56. The third-order valence-corrected chi connectivity index (χ3v) is 2.05. The first-order valence-electron chi connectivity index (χ1n) is 3.12. The average molecular weight is 245 g/mol. The average Bonchev–Trinajstić information content (AvgIpc) is 1.97. The molecular formula is C6H10BrClO3. The first kappa shape index (κ1) is 11.2. The normalized spacial score (nSPS) is 12.6. The second-order valence-corrected chi connectivity index (χ2v) is 3.11. The second kappa shape index (κ2) is 6.88. The van der Waals surface area contributed by atoms with Gasteiger partial charge in [-0.15, -0.1) is 11.6 Å². The molecule has 5 heteroatoms. The molecule has 0 saturated carbocycles. The van der Waals surface area contributed by atoms with Crippen LogP contribution in [0.2, 0.25) is 0 Å². The van der Waals surface area contributed by atoms with Gasteiger partial charge < -0.3 is 9.47 Å². The summed E-state index contributed by atoms with van der Waals surface area (Å²) in [6.07, 6.45) is 0. The van der Waals surface area contributed by atoms with Crippen molar-refractivity contribution >= 4 is 33.5 Å². The summed E-state index contributed by atoms with van der Waals surface area (Å²) in [4.78, 5) is 10.2. The molecule has 0 aromatic rings. The molecule has 0 aliphatic carbocycles. The van der Waals surface area contributed by atoms with Gasteiger partial charge in [0.05, 0.1) is 12.5 Å². The van der Waals surface area contributed by atoms with Crippen LogP contribution in [0.5, 0.6) is 0 Å². The van der Waals surface area contributed by atoms with E-state index in [2.05, 4.69) is 20.7 Å². The molecule has 3 nitrogen and oxygen atoms in total. The molecule has 66 valence electrons. The lowest BCUT2D eigenvalue weighted by molar-refractivity contribution is -0.142. The maximum absolute atomic E-state index is 10.2. The van der Waals surface area contributed by atoms with Crippen molar-refractivity contribution in [1.29, 1.82) is 0 Å². The standard InChI is InChI=1S/C6H10BrClO3/c1-5(9)10-2-3-11-6(7)4-8/h6H,2-4H2,1H3.